The molecule has 0 unspecified atom stereocenters. The van der Waals surface area contributed by atoms with Gasteiger partial charge < -0.3 is 14.8 Å². The van der Waals surface area contributed by atoms with E-state index in [-0.39, 0.29) is 5.30 Å². The zero-order valence-electron chi connectivity index (χ0n) is 11.2. The molecule has 5 nitrogen and oxygen atoms in total. The van der Waals surface area contributed by atoms with Crippen LogP contribution in [0.25, 0.3) is 0 Å². The third-order valence-corrected chi connectivity index (χ3v) is 2.80. The Balaban J connectivity index is 3.32. The minimum atomic E-state index is -0.427. The van der Waals surface area contributed by atoms with Crippen LogP contribution in [0.5, 0.6) is 0 Å². The summed E-state index contributed by atoms with van der Waals surface area (Å²) in [4.78, 5) is 22.3. The molecule has 0 aliphatic heterocycles. The lowest BCUT2D eigenvalue weighted by atomic mass is 10.4. The van der Waals surface area contributed by atoms with E-state index in [9.17, 15) is 9.59 Å². The first-order chi connectivity index (χ1) is 8.70. The average molecular weight is 277 g/mol. The highest BCUT2D eigenvalue weighted by molar-refractivity contribution is 8.13. The number of thioether (sulfide) groups is 1. The predicted octanol–water partition coefficient (Wildman–Crippen LogP) is 3.18. The maximum Gasteiger partial charge on any atom is 0.407 e. The van der Waals surface area contributed by atoms with Gasteiger partial charge in [0.2, 0.25) is 0 Å². The fourth-order valence-electron chi connectivity index (χ4n) is 0.989. The fourth-order valence-corrected chi connectivity index (χ4v) is 1.53. The molecule has 0 rings (SSSR count). The van der Waals surface area contributed by atoms with Crippen molar-refractivity contribution in [1.82, 2.24) is 5.32 Å². The maximum atomic E-state index is 11.2. The molecule has 0 radical (unpaired) electrons. The summed E-state index contributed by atoms with van der Waals surface area (Å²) in [7, 11) is 0. The monoisotopic (exact) mass is 277 g/mol. The molecule has 1 amide bonds. The van der Waals surface area contributed by atoms with Gasteiger partial charge in [0.05, 0.1) is 13.2 Å². The van der Waals surface area contributed by atoms with Gasteiger partial charge in [-0.15, -0.1) is 0 Å². The van der Waals surface area contributed by atoms with E-state index in [1.54, 1.807) is 0 Å². The van der Waals surface area contributed by atoms with Gasteiger partial charge in [-0.1, -0.05) is 26.7 Å². The van der Waals surface area contributed by atoms with Crippen molar-refractivity contribution >= 4 is 23.2 Å². The van der Waals surface area contributed by atoms with Crippen LogP contribution in [0.1, 0.15) is 39.5 Å². The number of rotatable bonds is 9. The molecule has 0 saturated heterocycles. The topological polar surface area (TPSA) is 64.6 Å². The molecule has 0 aliphatic rings. The van der Waals surface area contributed by atoms with Crippen LogP contribution in [-0.4, -0.2) is 36.9 Å². The molecule has 0 spiro atoms. The number of amides is 1. The zero-order chi connectivity index (χ0) is 13.6. The number of hydrogen-bond acceptors (Lipinski definition) is 5. The van der Waals surface area contributed by atoms with E-state index < -0.39 is 6.09 Å². The number of ether oxygens (including phenoxy) is 2. The number of alkyl carbamates (subject to hydrolysis) is 1. The largest absolute Gasteiger partial charge is 0.458 e. The second-order valence-corrected chi connectivity index (χ2v) is 4.75. The van der Waals surface area contributed by atoms with E-state index in [1.165, 1.54) is 0 Å². The highest BCUT2D eigenvalue weighted by Crippen LogP contribution is 2.04. The van der Waals surface area contributed by atoms with Crippen LogP contribution in [-0.2, 0) is 9.47 Å². The predicted molar refractivity (Wildman–Crippen MR) is 73.0 cm³/mol. The van der Waals surface area contributed by atoms with Crippen molar-refractivity contribution in [3.05, 3.63) is 0 Å². The summed E-state index contributed by atoms with van der Waals surface area (Å²) in [6.45, 7) is 5.37. The first-order valence-electron chi connectivity index (χ1n) is 6.40. The van der Waals surface area contributed by atoms with Crippen molar-refractivity contribution < 1.29 is 19.1 Å². The van der Waals surface area contributed by atoms with Crippen molar-refractivity contribution in [1.29, 1.82) is 0 Å². The Morgan fingerprint density at radius 1 is 1.06 bits per heavy atom. The first kappa shape index (κ1) is 17.1. The molecule has 106 valence electrons. The standard InChI is InChI=1S/C12H23NO4S/c1-3-5-8-16-11(14)13-7-10-18-12(15)17-9-6-4-2/h3-10H2,1-2H3,(H,13,14). The molecule has 18 heavy (non-hydrogen) atoms. The quantitative estimate of drug-likeness (QED) is 0.518. The summed E-state index contributed by atoms with van der Waals surface area (Å²) in [5.41, 5.74) is 0. The lowest BCUT2D eigenvalue weighted by Crippen LogP contribution is -2.27. The molecular weight excluding hydrogens is 254 g/mol. The Morgan fingerprint density at radius 3 is 2.28 bits per heavy atom. The normalized spacial score (nSPS) is 9.89. The molecular formula is C12H23NO4S. The van der Waals surface area contributed by atoms with Crippen LogP contribution in [0.15, 0.2) is 0 Å². The van der Waals surface area contributed by atoms with Crippen LogP contribution in [0.2, 0.25) is 0 Å². The van der Waals surface area contributed by atoms with Gasteiger partial charge in [-0.3, -0.25) is 0 Å². The van der Waals surface area contributed by atoms with Gasteiger partial charge in [0, 0.05) is 12.3 Å². The lowest BCUT2D eigenvalue weighted by Gasteiger charge is -2.06. The van der Waals surface area contributed by atoms with Gasteiger partial charge in [-0.2, -0.15) is 0 Å². The minimum Gasteiger partial charge on any atom is -0.458 e. The molecule has 0 atom stereocenters. The molecule has 6 heteroatoms. The van der Waals surface area contributed by atoms with E-state index in [2.05, 4.69) is 5.32 Å². The van der Waals surface area contributed by atoms with Crippen LogP contribution in [0, 0.1) is 0 Å². The molecule has 0 fully saturated rings. The average Bonchev–Trinajstić information content (AvgIpc) is 2.35. The first-order valence-corrected chi connectivity index (χ1v) is 7.39. The summed E-state index contributed by atoms with van der Waals surface area (Å²) in [5, 5.41) is 2.29. The van der Waals surface area contributed by atoms with Gasteiger partial charge >= 0.3 is 11.4 Å². The van der Waals surface area contributed by atoms with Gasteiger partial charge in [0.15, 0.2) is 0 Å². The van der Waals surface area contributed by atoms with E-state index in [0.717, 1.165) is 37.4 Å². The van der Waals surface area contributed by atoms with Crippen LogP contribution >= 0.6 is 11.8 Å². The van der Waals surface area contributed by atoms with Gasteiger partial charge in [0.25, 0.3) is 0 Å². The molecule has 0 bridgehead atoms. The zero-order valence-corrected chi connectivity index (χ0v) is 12.0. The smallest absolute Gasteiger partial charge is 0.407 e. The van der Waals surface area contributed by atoms with E-state index >= 15 is 0 Å². The van der Waals surface area contributed by atoms with E-state index in [0.29, 0.717) is 25.5 Å². The SMILES string of the molecule is CCCCOC(=O)NCCSC(=O)OCCCC. The molecule has 0 aliphatic carbocycles. The third-order valence-electron chi connectivity index (χ3n) is 2.04. The summed E-state index contributed by atoms with van der Waals surface area (Å²) >= 11 is 1.07. The number of unbranched alkanes of at least 4 members (excludes halogenated alkanes) is 2. The molecule has 1 N–H and O–H groups in total. The second-order valence-electron chi connectivity index (χ2n) is 3.72. The van der Waals surface area contributed by atoms with Crippen LogP contribution in [0.4, 0.5) is 9.59 Å². The van der Waals surface area contributed by atoms with Crippen molar-refractivity contribution in [3.63, 3.8) is 0 Å². The summed E-state index contributed by atoms with van der Waals surface area (Å²) in [6.07, 6.45) is 3.32. The van der Waals surface area contributed by atoms with E-state index in [1.807, 2.05) is 13.8 Å². The Bertz CT molecular complexity index is 212. The third kappa shape index (κ3) is 11.6. The second kappa shape index (κ2) is 12.5. The van der Waals surface area contributed by atoms with Crippen molar-refractivity contribution in [2.45, 2.75) is 39.5 Å². The number of carbonyl (C=O) groups excluding carboxylic acids is 2. The van der Waals surface area contributed by atoms with Crippen LogP contribution < -0.4 is 5.32 Å². The summed E-state index contributed by atoms with van der Waals surface area (Å²) in [6, 6.07) is 0. The lowest BCUT2D eigenvalue weighted by molar-refractivity contribution is 0.145. The van der Waals surface area contributed by atoms with Gasteiger partial charge in [-0.25, -0.2) is 9.59 Å². The number of hydrogen-bond donors (Lipinski definition) is 1. The number of carbonyl (C=O) groups is 2. The highest BCUT2D eigenvalue weighted by atomic mass is 32.2. The van der Waals surface area contributed by atoms with E-state index in [4.69, 9.17) is 9.47 Å². The molecule has 0 saturated carbocycles. The number of nitrogens with one attached hydrogen (secondary N) is 1. The van der Waals surface area contributed by atoms with Crippen molar-refractivity contribution in [2.75, 3.05) is 25.5 Å². The Labute approximate surface area is 113 Å². The van der Waals surface area contributed by atoms with Crippen LogP contribution in [0.3, 0.4) is 0 Å². The Morgan fingerprint density at radius 2 is 1.67 bits per heavy atom. The fraction of sp³-hybridized carbons (Fsp3) is 0.833. The highest BCUT2D eigenvalue weighted by Gasteiger charge is 2.04. The van der Waals surface area contributed by atoms with Crippen molar-refractivity contribution in [2.24, 2.45) is 0 Å². The molecule has 0 aromatic heterocycles. The Kier molecular flexibility index (Phi) is 11.9. The Hall–Kier alpha value is -0.910. The van der Waals surface area contributed by atoms with Gasteiger partial charge in [-0.05, 0) is 24.6 Å². The van der Waals surface area contributed by atoms with Gasteiger partial charge in [0.1, 0.15) is 0 Å². The molecule has 0 aromatic rings. The minimum absolute atomic E-state index is 0.287. The summed E-state index contributed by atoms with van der Waals surface area (Å²) in [5.74, 6) is 0.494. The molecule has 0 heterocycles. The van der Waals surface area contributed by atoms with Crippen molar-refractivity contribution in [3.8, 4) is 0 Å². The molecule has 0 aromatic carbocycles. The summed E-state index contributed by atoms with van der Waals surface area (Å²) < 4.78 is 9.84. The maximum absolute atomic E-state index is 11.2.